The first-order chi connectivity index (χ1) is 10.3. The monoisotopic (exact) mass is 334 g/mol. The summed E-state index contributed by atoms with van der Waals surface area (Å²) in [4.78, 5) is 0.443. The van der Waals surface area contributed by atoms with E-state index in [9.17, 15) is 8.42 Å². The van der Waals surface area contributed by atoms with E-state index in [1.807, 2.05) is 13.8 Å². The summed E-state index contributed by atoms with van der Waals surface area (Å²) in [6.45, 7) is 5.42. The van der Waals surface area contributed by atoms with Gasteiger partial charge in [-0.1, -0.05) is 29.3 Å². The van der Waals surface area contributed by atoms with Gasteiger partial charge in [-0.05, 0) is 50.6 Å². The molecule has 3 nitrogen and oxygen atoms in total. The van der Waals surface area contributed by atoms with Crippen LogP contribution in [0.2, 0.25) is 5.02 Å². The average molecular weight is 335 g/mol. The van der Waals surface area contributed by atoms with E-state index in [0.29, 0.717) is 21.8 Å². The van der Waals surface area contributed by atoms with Crippen molar-refractivity contribution in [2.24, 2.45) is 0 Å². The Morgan fingerprint density at radius 2 is 1.64 bits per heavy atom. The lowest BCUT2D eigenvalue weighted by molar-refractivity contribution is 0.556. The first kappa shape index (κ1) is 15.1. The molecule has 0 spiro atoms. The second-order valence-corrected chi connectivity index (χ2v) is 7.73. The van der Waals surface area contributed by atoms with Crippen LogP contribution in [-0.4, -0.2) is 8.42 Å². The number of sulfone groups is 1. The Labute approximate surface area is 134 Å². The molecule has 114 valence electrons. The standard InChI is InChI=1S/C17H15ClO3S/c1-10-4-6-14(7-5-10)22(19,20)17-12(3)21-16-11(2)8-13(18)9-15(16)17/h4-9H,1-3H3. The molecule has 0 radical (unpaired) electrons. The molecule has 0 amide bonds. The summed E-state index contributed by atoms with van der Waals surface area (Å²) in [5.74, 6) is 0.376. The molecule has 0 saturated carbocycles. The molecule has 22 heavy (non-hydrogen) atoms. The van der Waals surface area contributed by atoms with Crippen molar-refractivity contribution < 1.29 is 12.8 Å². The summed E-state index contributed by atoms with van der Waals surface area (Å²) in [5.41, 5.74) is 2.38. The Balaban J connectivity index is 2.34. The molecule has 0 aliphatic rings. The molecule has 0 atom stereocenters. The van der Waals surface area contributed by atoms with Gasteiger partial charge in [0.15, 0.2) is 0 Å². The quantitative estimate of drug-likeness (QED) is 0.673. The molecule has 5 heteroatoms. The third-order valence-corrected chi connectivity index (χ3v) is 5.81. The molecule has 0 aliphatic carbocycles. The molecular weight excluding hydrogens is 320 g/mol. The van der Waals surface area contributed by atoms with Crippen LogP contribution in [0.5, 0.6) is 0 Å². The molecule has 0 bridgehead atoms. The molecule has 0 aliphatic heterocycles. The maximum Gasteiger partial charge on any atom is 0.210 e. The topological polar surface area (TPSA) is 47.3 Å². The lowest BCUT2D eigenvalue weighted by Gasteiger charge is -2.05. The molecule has 0 saturated heterocycles. The van der Waals surface area contributed by atoms with Crippen molar-refractivity contribution in [3.8, 4) is 0 Å². The smallest absolute Gasteiger partial charge is 0.210 e. The van der Waals surface area contributed by atoms with Gasteiger partial charge in [0.25, 0.3) is 0 Å². The molecule has 2 aromatic carbocycles. The fraction of sp³-hybridized carbons (Fsp3) is 0.176. The van der Waals surface area contributed by atoms with Crippen LogP contribution >= 0.6 is 11.6 Å². The minimum absolute atomic E-state index is 0.192. The first-order valence-corrected chi connectivity index (χ1v) is 8.68. The van der Waals surface area contributed by atoms with Gasteiger partial charge in [0.1, 0.15) is 16.2 Å². The normalized spacial score (nSPS) is 12.0. The second kappa shape index (κ2) is 5.14. The number of halogens is 1. The van der Waals surface area contributed by atoms with Crippen molar-refractivity contribution in [2.75, 3.05) is 0 Å². The molecule has 3 rings (SSSR count). The number of rotatable bonds is 2. The second-order valence-electron chi connectivity index (χ2n) is 5.40. The van der Waals surface area contributed by atoms with Gasteiger partial charge >= 0.3 is 0 Å². The molecule has 0 fully saturated rings. The van der Waals surface area contributed by atoms with Crippen LogP contribution in [0.15, 0.2) is 50.6 Å². The van der Waals surface area contributed by atoms with Crippen LogP contribution in [0.1, 0.15) is 16.9 Å². The third kappa shape index (κ3) is 2.32. The maximum atomic E-state index is 13.0. The largest absolute Gasteiger partial charge is 0.460 e. The van der Waals surface area contributed by atoms with E-state index in [1.165, 1.54) is 0 Å². The highest BCUT2D eigenvalue weighted by Crippen LogP contribution is 2.36. The SMILES string of the molecule is Cc1ccc(S(=O)(=O)c2c(C)oc3c(C)cc(Cl)cc23)cc1. The van der Waals surface area contributed by atoms with Gasteiger partial charge in [0, 0.05) is 10.4 Å². The van der Waals surface area contributed by atoms with Gasteiger partial charge in [-0.15, -0.1) is 0 Å². The first-order valence-electron chi connectivity index (χ1n) is 6.81. The summed E-state index contributed by atoms with van der Waals surface area (Å²) >= 11 is 6.09. The average Bonchev–Trinajstić information content (AvgIpc) is 2.76. The lowest BCUT2D eigenvalue weighted by atomic mass is 10.2. The van der Waals surface area contributed by atoms with E-state index in [1.54, 1.807) is 43.3 Å². The number of fused-ring (bicyclic) bond motifs is 1. The highest BCUT2D eigenvalue weighted by atomic mass is 35.5. The minimum atomic E-state index is -3.66. The van der Waals surface area contributed by atoms with Gasteiger partial charge < -0.3 is 4.42 Å². The van der Waals surface area contributed by atoms with Crippen molar-refractivity contribution in [3.63, 3.8) is 0 Å². The summed E-state index contributed by atoms with van der Waals surface area (Å²) in [6, 6.07) is 10.2. The predicted molar refractivity (Wildman–Crippen MR) is 87.3 cm³/mol. The van der Waals surface area contributed by atoms with Crippen LogP contribution in [0.3, 0.4) is 0 Å². The van der Waals surface area contributed by atoms with Crippen molar-refractivity contribution >= 4 is 32.4 Å². The lowest BCUT2D eigenvalue weighted by Crippen LogP contribution is -2.02. The number of hydrogen-bond donors (Lipinski definition) is 0. The van der Waals surface area contributed by atoms with E-state index in [0.717, 1.165) is 11.1 Å². The summed E-state index contributed by atoms with van der Waals surface area (Å²) in [6.07, 6.45) is 0. The van der Waals surface area contributed by atoms with Crippen LogP contribution in [-0.2, 0) is 9.84 Å². The van der Waals surface area contributed by atoms with Crippen LogP contribution in [0.25, 0.3) is 11.0 Å². The van der Waals surface area contributed by atoms with Gasteiger partial charge in [-0.3, -0.25) is 0 Å². The Bertz CT molecular complexity index is 967. The Kier molecular flexibility index (Phi) is 3.54. The molecule has 0 unspecified atom stereocenters. The van der Waals surface area contributed by atoms with Gasteiger partial charge in [-0.25, -0.2) is 8.42 Å². The van der Waals surface area contributed by atoms with Crippen molar-refractivity contribution in [2.45, 2.75) is 30.6 Å². The van der Waals surface area contributed by atoms with Gasteiger partial charge in [0.2, 0.25) is 9.84 Å². The third-order valence-electron chi connectivity index (χ3n) is 3.66. The van der Waals surface area contributed by atoms with E-state index >= 15 is 0 Å². The zero-order chi connectivity index (χ0) is 16.1. The number of benzene rings is 2. The molecular formula is C17H15ClO3S. The van der Waals surface area contributed by atoms with E-state index < -0.39 is 9.84 Å². The Hall–Kier alpha value is -1.78. The van der Waals surface area contributed by atoms with E-state index in [2.05, 4.69) is 0 Å². The highest BCUT2D eigenvalue weighted by Gasteiger charge is 2.27. The Morgan fingerprint density at radius 3 is 2.27 bits per heavy atom. The van der Waals surface area contributed by atoms with E-state index in [4.69, 9.17) is 16.0 Å². The van der Waals surface area contributed by atoms with Gasteiger partial charge in [0.05, 0.1) is 4.90 Å². The predicted octanol–water partition coefficient (Wildman–Crippen LogP) is 4.84. The number of aryl methyl sites for hydroxylation is 3. The Morgan fingerprint density at radius 1 is 1.00 bits per heavy atom. The maximum absolute atomic E-state index is 13.0. The van der Waals surface area contributed by atoms with Crippen LogP contribution in [0.4, 0.5) is 0 Å². The molecule has 1 heterocycles. The summed E-state index contributed by atoms with van der Waals surface area (Å²) in [7, 11) is -3.66. The highest BCUT2D eigenvalue weighted by molar-refractivity contribution is 7.91. The number of hydrogen-bond acceptors (Lipinski definition) is 3. The van der Waals surface area contributed by atoms with Crippen molar-refractivity contribution in [1.29, 1.82) is 0 Å². The molecule has 1 aromatic heterocycles. The summed E-state index contributed by atoms with van der Waals surface area (Å²) < 4.78 is 31.6. The fourth-order valence-corrected chi connectivity index (χ4v) is 4.46. The summed E-state index contributed by atoms with van der Waals surface area (Å²) in [5, 5.41) is 1.02. The fourth-order valence-electron chi connectivity index (χ4n) is 2.59. The van der Waals surface area contributed by atoms with Crippen LogP contribution in [0, 0.1) is 20.8 Å². The van der Waals surface area contributed by atoms with Crippen molar-refractivity contribution in [3.05, 3.63) is 58.3 Å². The van der Waals surface area contributed by atoms with E-state index in [-0.39, 0.29) is 9.79 Å². The molecule has 3 aromatic rings. The zero-order valence-corrected chi connectivity index (χ0v) is 14.0. The van der Waals surface area contributed by atoms with Crippen molar-refractivity contribution in [1.82, 2.24) is 0 Å². The zero-order valence-electron chi connectivity index (χ0n) is 12.5. The molecule has 0 N–H and O–H groups in total. The minimum Gasteiger partial charge on any atom is -0.460 e. The number of furan rings is 1. The van der Waals surface area contributed by atoms with Crippen LogP contribution < -0.4 is 0 Å². The van der Waals surface area contributed by atoms with Gasteiger partial charge in [-0.2, -0.15) is 0 Å².